The van der Waals surface area contributed by atoms with E-state index in [9.17, 15) is 4.79 Å². The van der Waals surface area contributed by atoms with Gasteiger partial charge in [0.15, 0.2) is 6.61 Å². The molecule has 1 aromatic carbocycles. The fourth-order valence-corrected chi connectivity index (χ4v) is 1.71. The SMILES string of the molecule is COCC(CCO)NC(=O)COc1cccc(Cl)c1. The van der Waals surface area contributed by atoms with Crippen LogP contribution in [0, 0.1) is 0 Å². The Bertz CT molecular complexity index is 394. The molecule has 106 valence electrons. The highest BCUT2D eigenvalue weighted by atomic mass is 35.5. The van der Waals surface area contributed by atoms with Gasteiger partial charge in [-0.3, -0.25) is 4.79 Å². The molecule has 5 nitrogen and oxygen atoms in total. The average molecular weight is 288 g/mol. The van der Waals surface area contributed by atoms with Crippen molar-refractivity contribution in [2.24, 2.45) is 0 Å². The van der Waals surface area contributed by atoms with E-state index in [0.29, 0.717) is 23.8 Å². The van der Waals surface area contributed by atoms with Crippen molar-refractivity contribution in [3.63, 3.8) is 0 Å². The summed E-state index contributed by atoms with van der Waals surface area (Å²) in [6.45, 7) is 0.235. The molecule has 0 bridgehead atoms. The minimum Gasteiger partial charge on any atom is -0.484 e. The Morgan fingerprint density at radius 3 is 2.95 bits per heavy atom. The fraction of sp³-hybridized carbons (Fsp3) is 0.462. The average Bonchev–Trinajstić information content (AvgIpc) is 2.37. The summed E-state index contributed by atoms with van der Waals surface area (Å²) in [5.41, 5.74) is 0. The van der Waals surface area contributed by atoms with E-state index in [1.165, 1.54) is 0 Å². The van der Waals surface area contributed by atoms with Gasteiger partial charge in [-0.2, -0.15) is 0 Å². The van der Waals surface area contributed by atoms with Crippen molar-refractivity contribution in [3.8, 4) is 5.75 Å². The number of methoxy groups -OCH3 is 1. The number of benzene rings is 1. The zero-order valence-electron chi connectivity index (χ0n) is 10.8. The van der Waals surface area contributed by atoms with Crippen LogP contribution in [0.2, 0.25) is 5.02 Å². The van der Waals surface area contributed by atoms with E-state index < -0.39 is 0 Å². The van der Waals surface area contributed by atoms with Crippen LogP contribution in [0.1, 0.15) is 6.42 Å². The molecule has 6 heteroatoms. The molecule has 1 atom stereocenters. The van der Waals surface area contributed by atoms with Crippen molar-refractivity contribution < 1.29 is 19.4 Å². The summed E-state index contributed by atoms with van der Waals surface area (Å²) in [6, 6.07) is 6.61. The molecule has 1 amide bonds. The second kappa shape index (κ2) is 8.74. The van der Waals surface area contributed by atoms with Crippen molar-refractivity contribution in [1.29, 1.82) is 0 Å². The number of hydrogen-bond acceptors (Lipinski definition) is 4. The molecule has 1 unspecified atom stereocenters. The first kappa shape index (κ1) is 15.8. The lowest BCUT2D eigenvalue weighted by Crippen LogP contribution is -2.41. The van der Waals surface area contributed by atoms with Crippen LogP contribution >= 0.6 is 11.6 Å². The Labute approximate surface area is 117 Å². The molecule has 0 heterocycles. The number of carbonyl (C=O) groups is 1. The maximum Gasteiger partial charge on any atom is 0.258 e. The highest BCUT2D eigenvalue weighted by Crippen LogP contribution is 2.16. The van der Waals surface area contributed by atoms with Crippen molar-refractivity contribution >= 4 is 17.5 Å². The lowest BCUT2D eigenvalue weighted by atomic mass is 10.2. The van der Waals surface area contributed by atoms with Gasteiger partial charge in [-0.15, -0.1) is 0 Å². The van der Waals surface area contributed by atoms with E-state index in [1.54, 1.807) is 31.4 Å². The first-order valence-electron chi connectivity index (χ1n) is 5.93. The highest BCUT2D eigenvalue weighted by molar-refractivity contribution is 6.30. The predicted molar refractivity (Wildman–Crippen MR) is 72.5 cm³/mol. The Morgan fingerprint density at radius 2 is 2.32 bits per heavy atom. The number of hydrogen-bond donors (Lipinski definition) is 2. The molecule has 0 radical (unpaired) electrons. The summed E-state index contributed by atoms with van der Waals surface area (Å²) in [5.74, 6) is 0.267. The normalized spacial score (nSPS) is 11.9. The van der Waals surface area contributed by atoms with Gasteiger partial charge in [-0.25, -0.2) is 0 Å². The summed E-state index contributed by atoms with van der Waals surface area (Å²) in [7, 11) is 1.54. The monoisotopic (exact) mass is 287 g/mol. The first-order valence-corrected chi connectivity index (χ1v) is 6.31. The topological polar surface area (TPSA) is 67.8 Å². The van der Waals surface area contributed by atoms with E-state index in [4.69, 9.17) is 26.2 Å². The summed E-state index contributed by atoms with van der Waals surface area (Å²) >= 11 is 5.80. The number of ether oxygens (including phenoxy) is 2. The molecule has 0 aliphatic rings. The number of halogens is 1. The number of rotatable bonds is 8. The van der Waals surface area contributed by atoms with E-state index >= 15 is 0 Å². The molecule has 0 aliphatic heterocycles. The van der Waals surface area contributed by atoms with Crippen molar-refractivity contribution in [2.75, 3.05) is 26.9 Å². The van der Waals surface area contributed by atoms with Crippen LogP contribution < -0.4 is 10.1 Å². The van der Waals surface area contributed by atoms with Crippen LogP contribution in [0.15, 0.2) is 24.3 Å². The van der Waals surface area contributed by atoms with Gasteiger partial charge in [-0.1, -0.05) is 17.7 Å². The molecule has 0 saturated carbocycles. The summed E-state index contributed by atoms with van der Waals surface area (Å²) in [6.07, 6.45) is 0.441. The van der Waals surface area contributed by atoms with Crippen molar-refractivity contribution in [1.82, 2.24) is 5.32 Å². The number of amides is 1. The van der Waals surface area contributed by atoms with Crippen LogP contribution in [0.25, 0.3) is 0 Å². The van der Waals surface area contributed by atoms with E-state index in [1.807, 2.05) is 0 Å². The Balaban J connectivity index is 2.37. The van der Waals surface area contributed by atoms with Gasteiger partial charge in [0, 0.05) is 18.7 Å². The smallest absolute Gasteiger partial charge is 0.258 e. The quantitative estimate of drug-likeness (QED) is 0.755. The second-order valence-electron chi connectivity index (χ2n) is 3.98. The summed E-state index contributed by atoms with van der Waals surface area (Å²) < 4.78 is 10.3. The van der Waals surface area contributed by atoms with Gasteiger partial charge in [-0.05, 0) is 24.6 Å². The fourth-order valence-electron chi connectivity index (χ4n) is 1.53. The van der Waals surface area contributed by atoms with Gasteiger partial charge >= 0.3 is 0 Å². The molecule has 1 rings (SSSR count). The third-order valence-electron chi connectivity index (χ3n) is 2.38. The van der Waals surface area contributed by atoms with Gasteiger partial charge in [0.2, 0.25) is 0 Å². The summed E-state index contributed by atoms with van der Waals surface area (Å²) in [4.78, 5) is 11.7. The van der Waals surface area contributed by atoms with E-state index in [-0.39, 0.29) is 25.2 Å². The van der Waals surface area contributed by atoms with Crippen LogP contribution in [-0.4, -0.2) is 44.0 Å². The number of aliphatic hydroxyl groups is 1. The van der Waals surface area contributed by atoms with Gasteiger partial charge in [0.25, 0.3) is 5.91 Å². The Hall–Kier alpha value is -1.30. The van der Waals surface area contributed by atoms with Gasteiger partial charge in [0.05, 0.1) is 12.6 Å². The molecule has 2 N–H and O–H groups in total. The van der Waals surface area contributed by atoms with Gasteiger partial charge in [0.1, 0.15) is 5.75 Å². The van der Waals surface area contributed by atoms with Gasteiger partial charge < -0.3 is 19.9 Å². The molecule has 0 saturated heterocycles. The van der Waals surface area contributed by atoms with E-state index in [0.717, 1.165) is 0 Å². The standard InChI is InChI=1S/C13H18ClNO4/c1-18-8-11(5-6-16)15-13(17)9-19-12-4-2-3-10(14)7-12/h2-4,7,11,16H,5-6,8-9H2,1H3,(H,15,17). The summed E-state index contributed by atoms with van der Waals surface area (Å²) in [5, 5.41) is 12.1. The van der Waals surface area contributed by atoms with Crippen LogP contribution in [0.3, 0.4) is 0 Å². The lowest BCUT2D eigenvalue weighted by molar-refractivity contribution is -0.124. The first-order chi connectivity index (χ1) is 9.15. The molecule has 0 aromatic heterocycles. The van der Waals surface area contributed by atoms with Crippen molar-refractivity contribution in [2.45, 2.75) is 12.5 Å². The minimum absolute atomic E-state index is 0.0105. The minimum atomic E-state index is -0.268. The molecule has 0 fully saturated rings. The molecular weight excluding hydrogens is 270 g/mol. The molecule has 19 heavy (non-hydrogen) atoms. The van der Waals surface area contributed by atoms with Crippen LogP contribution in [0.5, 0.6) is 5.75 Å². The third kappa shape index (κ3) is 6.42. The lowest BCUT2D eigenvalue weighted by Gasteiger charge is -2.17. The molecule has 1 aromatic rings. The number of nitrogens with one attached hydrogen (secondary N) is 1. The number of aliphatic hydroxyl groups excluding tert-OH is 1. The van der Waals surface area contributed by atoms with E-state index in [2.05, 4.69) is 5.32 Å². The van der Waals surface area contributed by atoms with Crippen LogP contribution in [0.4, 0.5) is 0 Å². The predicted octanol–water partition coefficient (Wildman–Crippen LogP) is 1.23. The zero-order chi connectivity index (χ0) is 14.1. The highest BCUT2D eigenvalue weighted by Gasteiger charge is 2.12. The Morgan fingerprint density at radius 1 is 1.53 bits per heavy atom. The third-order valence-corrected chi connectivity index (χ3v) is 2.61. The van der Waals surface area contributed by atoms with Crippen molar-refractivity contribution in [3.05, 3.63) is 29.3 Å². The molecule has 0 aliphatic carbocycles. The second-order valence-corrected chi connectivity index (χ2v) is 4.41. The Kier molecular flexibility index (Phi) is 7.25. The largest absolute Gasteiger partial charge is 0.484 e. The zero-order valence-corrected chi connectivity index (χ0v) is 11.5. The molecule has 0 spiro atoms. The number of carbonyl (C=O) groups excluding carboxylic acids is 1. The maximum atomic E-state index is 11.7. The van der Waals surface area contributed by atoms with Crippen LogP contribution in [-0.2, 0) is 9.53 Å². The molecular formula is C13H18ClNO4. The maximum absolute atomic E-state index is 11.7.